The van der Waals surface area contributed by atoms with Gasteiger partial charge in [-0.25, -0.2) is 18.7 Å². The van der Waals surface area contributed by atoms with Gasteiger partial charge in [0.25, 0.3) is 0 Å². The fourth-order valence-corrected chi connectivity index (χ4v) is 3.32. The summed E-state index contributed by atoms with van der Waals surface area (Å²) in [6.45, 7) is 2.66. The van der Waals surface area contributed by atoms with Gasteiger partial charge >= 0.3 is 0 Å². The lowest BCUT2D eigenvalue weighted by molar-refractivity contribution is 0.553. The van der Waals surface area contributed by atoms with E-state index in [0.29, 0.717) is 23.0 Å². The Balaban J connectivity index is 1.60. The van der Waals surface area contributed by atoms with Gasteiger partial charge in [0.05, 0.1) is 6.04 Å². The summed E-state index contributed by atoms with van der Waals surface area (Å²) < 4.78 is 27.5. The van der Waals surface area contributed by atoms with Crippen LogP contribution >= 0.6 is 0 Å². The number of aryl methyl sites for hydroxylation is 1. The molecule has 0 aliphatic carbocycles. The standard InChI is InChI=1S/C18H18F2N6/c1-11-7-17(25-24-11)23-16-9-18(22-10-21-16)26-6-2-3-15(26)13-5-4-12(19)8-14(13)20/h4-5,7-10,15H,2-3,6H2,1H3,(H2,21,22,23,24,25). The molecule has 1 saturated heterocycles. The monoisotopic (exact) mass is 356 g/mol. The molecule has 1 fully saturated rings. The zero-order chi connectivity index (χ0) is 18.1. The van der Waals surface area contributed by atoms with Crippen molar-refractivity contribution in [2.45, 2.75) is 25.8 Å². The summed E-state index contributed by atoms with van der Waals surface area (Å²) in [5.41, 5.74) is 1.42. The van der Waals surface area contributed by atoms with Gasteiger partial charge in [-0.15, -0.1) is 0 Å². The molecule has 1 aliphatic rings. The molecule has 4 rings (SSSR count). The summed E-state index contributed by atoms with van der Waals surface area (Å²) in [6, 6.07) is 7.24. The lowest BCUT2D eigenvalue weighted by Gasteiger charge is -2.26. The van der Waals surface area contributed by atoms with Crippen molar-refractivity contribution in [3.05, 3.63) is 59.6 Å². The zero-order valence-electron chi connectivity index (χ0n) is 14.2. The van der Waals surface area contributed by atoms with Crippen molar-refractivity contribution in [3.8, 4) is 0 Å². The minimum atomic E-state index is -0.571. The Morgan fingerprint density at radius 3 is 2.81 bits per heavy atom. The molecule has 1 atom stereocenters. The Morgan fingerprint density at radius 2 is 2.04 bits per heavy atom. The van der Waals surface area contributed by atoms with Crippen LogP contribution in [0.15, 0.2) is 36.7 Å². The van der Waals surface area contributed by atoms with Crippen molar-refractivity contribution in [1.82, 2.24) is 20.2 Å². The van der Waals surface area contributed by atoms with Gasteiger partial charge in [-0.3, -0.25) is 5.10 Å². The number of nitrogens with one attached hydrogen (secondary N) is 2. The summed E-state index contributed by atoms with van der Waals surface area (Å²) in [4.78, 5) is 10.6. The maximum atomic E-state index is 14.2. The Hall–Kier alpha value is -3.03. The van der Waals surface area contributed by atoms with Crippen LogP contribution in [0.4, 0.5) is 26.2 Å². The van der Waals surface area contributed by atoms with E-state index < -0.39 is 11.6 Å². The number of hydrogen-bond acceptors (Lipinski definition) is 5. The lowest BCUT2D eigenvalue weighted by Crippen LogP contribution is -2.24. The van der Waals surface area contributed by atoms with Crippen molar-refractivity contribution in [1.29, 1.82) is 0 Å². The first kappa shape index (κ1) is 16.4. The van der Waals surface area contributed by atoms with E-state index in [1.165, 1.54) is 18.5 Å². The Kier molecular flexibility index (Phi) is 4.24. The van der Waals surface area contributed by atoms with Crippen LogP contribution in [-0.2, 0) is 0 Å². The first-order valence-corrected chi connectivity index (χ1v) is 8.43. The van der Waals surface area contributed by atoms with E-state index in [0.717, 1.165) is 31.1 Å². The number of H-pyrrole nitrogens is 1. The molecule has 0 amide bonds. The van der Waals surface area contributed by atoms with E-state index in [1.807, 2.05) is 24.0 Å². The van der Waals surface area contributed by atoms with Crippen LogP contribution < -0.4 is 10.2 Å². The highest BCUT2D eigenvalue weighted by Gasteiger charge is 2.29. The smallest absolute Gasteiger partial charge is 0.153 e. The van der Waals surface area contributed by atoms with Gasteiger partial charge < -0.3 is 10.2 Å². The van der Waals surface area contributed by atoms with Crippen molar-refractivity contribution in [3.63, 3.8) is 0 Å². The van der Waals surface area contributed by atoms with Gasteiger partial charge in [0, 0.05) is 36.0 Å². The average molecular weight is 356 g/mol. The fraction of sp³-hybridized carbons (Fsp3) is 0.278. The lowest BCUT2D eigenvalue weighted by atomic mass is 10.0. The second-order valence-corrected chi connectivity index (χ2v) is 6.34. The quantitative estimate of drug-likeness (QED) is 0.743. The average Bonchev–Trinajstić information content (AvgIpc) is 3.24. The molecule has 1 unspecified atom stereocenters. The fourth-order valence-electron chi connectivity index (χ4n) is 3.32. The summed E-state index contributed by atoms with van der Waals surface area (Å²) in [5, 5.41) is 10.1. The topological polar surface area (TPSA) is 69.7 Å². The second kappa shape index (κ2) is 6.70. The van der Waals surface area contributed by atoms with Gasteiger partial charge in [-0.1, -0.05) is 6.07 Å². The maximum Gasteiger partial charge on any atom is 0.153 e. The zero-order valence-corrected chi connectivity index (χ0v) is 14.2. The largest absolute Gasteiger partial charge is 0.349 e. The molecule has 6 nitrogen and oxygen atoms in total. The maximum absolute atomic E-state index is 14.2. The molecule has 3 aromatic rings. The third kappa shape index (κ3) is 3.22. The van der Waals surface area contributed by atoms with Gasteiger partial charge in [-0.2, -0.15) is 5.10 Å². The van der Waals surface area contributed by atoms with E-state index in [4.69, 9.17) is 0 Å². The molecular formula is C18H18F2N6. The highest BCUT2D eigenvalue weighted by Crippen LogP contribution is 2.37. The molecular weight excluding hydrogens is 338 g/mol. The van der Waals surface area contributed by atoms with Crippen molar-refractivity contribution in [2.24, 2.45) is 0 Å². The number of benzene rings is 1. The number of rotatable bonds is 4. The molecule has 1 aromatic carbocycles. The molecule has 0 spiro atoms. The van der Waals surface area contributed by atoms with Crippen LogP contribution in [0, 0.1) is 18.6 Å². The minimum Gasteiger partial charge on any atom is -0.349 e. The third-order valence-electron chi connectivity index (χ3n) is 4.48. The number of hydrogen-bond donors (Lipinski definition) is 2. The molecule has 8 heteroatoms. The molecule has 0 radical (unpaired) electrons. The summed E-state index contributed by atoms with van der Waals surface area (Å²) in [6.07, 6.45) is 3.16. The first-order chi connectivity index (χ1) is 12.6. The highest BCUT2D eigenvalue weighted by molar-refractivity contribution is 5.57. The number of anilines is 3. The number of aromatic nitrogens is 4. The van der Waals surface area contributed by atoms with Crippen LogP contribution in [0.1, 0.15) is 30.1 Å². The van der Waals surface area contributed by atoms with E-state index >= 15 is 0 Å². The Labute approximate surface area is 149 Å². The third-order valence-corrected chi connectivity index (χ3v) is 4.48. The molecule has 134 valence electrons. The number of halogens is 2. The summed E-state index contributed by atoms with van der Waals surface area (Å²) >= 11 is 0. The van der Waals surface area contributed by atoms with Gasteiger partial charge in [0.2, 0.25) is 0 Å². The molecule has 2 N–H and O–H groups in total. The van der Waals surface area contributed by atoms with Gasteiger partial charge in [-0.05, 0) is 25.8 Å². The van der Waals surface area contributed by atoms with Crippen LogP contribution in [0.2, 0.25) is 0 Å². The first-order valence-electron chi connectivity index (χ1n) is 8.43. The van der Waals surface area contributed by atoms with Crippen molar-refractivity contribution >= 4 is 17.5 Å². The normalized spacial score (nSPS) is 16.9. The van der Waals surface area contributed by atoms with Crippen LogP contribution in [-0.4, -0.2) is 26.7 Å². The molecule has 0 saturated carbocycles. The SMILES string of the molecule is Cc1cc(Nc2cc(N3CCCC3c3ccc(F)cc3F)ncn2)n[nH]1. The molecule has 2 aromatic heterocycles. The van der Waals surface area contributed by atoms with Gasteiger partial charge in [0.1, 0.15) is 29.6 Å². The van der Waals surface area contributed by atoms with E-state index in [-0.39, 0.29) is 6.04 Å². The van der Waals surface area contributed by atoms with Crippen LogP contribution in [0.25, 0.3) is 0 Å². The minimum absolute atomic E-state index is 0.175. The Morgan fingerprint density at radius 1 is 1.15 bits per heavy atom. The molecule has 3 heterocycles. The summed E-state index contributed by atoms with van der Waals surface area (Å²) in [5.74, 6) is 0.863. The molecule has 0 bridgehead atoms. The predicted molar refractivity (Wildman–Crippen MR) is 94.3 cm³/mol. The summed E-state index contributed by atoms with van der Waals surface area (Å²) in [7, 11) is 0. The van der Waals surface area contributed by atoms with Crippen molar-refractivity contribution < 1.29 is 8.78 Å². The van der Waals surface area contributed by atoms with E-state index in [1.54, 1.807) is 0 Å². The molecule has 1 aliphatic heterocycles. The van der Waals surface area contributed by atoms with E-state index in [9.17, 15) is 8.78 Å². The Bertz CT molecular complexity index is 926. The van der Waals surface area contributed by atoms with Crippen LogP contribution in [0.5, 0.6) is 0 Å². The second-order valence-electron chi connectivity index (χ2n) is 6.34. The van der Waals surface area contributed by atoms with Gasteiger partial charge in [0.15, 0.2) is 5.82 Å². The van der Waals surface area contributed by atoms with Crippen molar-refractivity contribution in [2.75, 3.05) is 16.8 Å². The predicted octanol–water partition coefficient (Wildman–Crippen LogP) is 3.87. The number of aromatic amines is 1. The van der Waals surface area contributed by atoms with E-state index in [2.05, 4.69) is 25.5 Å². The number of nitrogens with zero attached hydrogens (tertiary/aromatic N) is 4. The molecule has 26 heavy (non-hydrogen) atoms. The van der Waals surface area contributed by atoms with Crippen LogP contribution in [0.3, 0.4) is 0 Å². The highest BCUT2D eigenvalue weighted by atomic mass is 19.1.